The van der Waals surface area contributed by atoms with Crippen molar-refractivity contribution in [1.82, 2.24) is 15.3 Å². The van der Waals surface area contributed by atoms with Crippen LogP contribution < -0.4 is 21.3 Å². The van der Waals surface area contributed by atoms with E-state index in [0.717, 1.165) is 10.8 Å². The summed E-state index contributed by atoms with van der Waals surface area (Å²) in [6.07, 6.45) is 5.76. The Hall–Kier alpha value is -3.63. The smallest absolute Gasteiger partial charge is 0.255 e. The molecule has 1 saturated heterocycles. The van der Waals surface area contributed by atoms with Crippen LogP contribution in [0.15, 0.2) is 47.3 Å². The van der Waals surface area contributed by atoms with Gasteiger partial charge in [-0.2, -0.15) is 0 Å². The summed E-state index contributed by atoms with van der Waals surface area (Å²) in [4.78, 5) is 30.5. The van der Waals surface area contributed by atoms with Crippen molar-refractivity contribution in [2.75, 3.05) is 6.54 Å². The number of carbonyl (C=O) groups is 1. The number of benzene rings is 1. The number of amides is 1. The van der Waals surface area contributed by atoms with Gasteiger partial charge in [0, 0.05) is 40.5 Å². The van der Waals surface area contributed by atoms with Crippen LogP contribution in [0.3, 0.4) is 0 Å². The second-order valence-electron chi connectivity index (χ2n) is 6.08. The zero-order valence-corrected chi connectivity index (χ0v) is 14.3. The van der Waals surface area contributed by atoms with Gasteiger partial charge in [-0.3, -0.25) is 9.59 Å². The molecule has 0 saturated carbocycles. The molecule has 0 aliphatic carbocycles. The molecule has 3 aromatic rings. The van der Waals surface area contributed by atoms with E-state index in [1.807, 2.05) is 12.1 Å². The molecule has 4 rings (SSSR count). The molecule has 4 N–H and O–H groups in total. The molecule has 1 aliphatic heterocycles. The van der Waals surface area contributed by atoms with Crippen LogP contribution in [0.1, 0.15) is 18.4 Å². The van der Waals surface area contributed by atoms with Crippen molar-refractivity contribution in [1.29, 1.82) is 0 Å². The Balaban J connectivity index is 1.86. The molecule has 1 fully saturated rings. The van der Waals surface area contributed by atoms with Crippen molar-refractivity contribution in [3.05, 3.63) is 58.5 Å². The maximum atomic E-state index is 12.2. The first-order valence-electron chi connectivity index (χ1n) is 8.44. The Bertz CT molecular complexity index is 1210. The SMILES string of the molecule is NCC#Cc1c[nH]c(=O)c2cc3ccnc(O/C=C4/CCC(=O)N4)c3cc12. The normalized spacial score (nSPS) is 15.0. The molecule has 7 nitrogen and oxygen atoms in total. The highest BCUT2D eigenvalue weighted by Gasteiger charge is 2.15. The fourth-order valence-corrected chi connectivity index (χ4v) is 3.01. The number of nitrogens with zero attached hydrogens (tertiary/aromatic N) is 1. The van der Waals surface area contributed by atoms with Gasteiger partial charge in [-0.25, -0.2) is 4.98 Å². The van der Waals surface area contributed by atoms with E-state index >= 15 is 0 Å². The topological polar surface area (TPSA) is 110 Å². The Kier molecular flexibility index (Phi) is 4.32. The minimum Gasteiger partial charge on any atom is -0.444 e. The molecule has 0 spiro atoms. The second kappa shape index (κ2) is 6.94. The number of nitrogens with one attached hydrogen (secondary N) is 2. The van der Waals surface area contributed by atoms with Crippen molar-refractivity contribution < 1.29 is 9.53 Å². The van der Waals surface area contributed by atoms with Gasteiger partial charge in [-0.1, -0.05) is 11.8 Å². The average molecular weight is 360 g/mol. The maximum Gasteiger partial charge on any atom is 0.255 e. The van der Waals surface area contributed by atoms with Gasteiger partial charge in [0.1, 0.15) is 6.26 Å². The van der Waals surface area contributed by atoms with Crippen LogP contribution >= 0.6 is 0 Å². The summed E-state index contributed by atoms with van der Waals surface area (Å²) in [6, 6.07) is 5.44. The van der Waals surface area contributed by atoms with Crippen molar-refractivity contribution in [3.8, 4) is 17.7 Å². The molecule has 134 valence electrons. The highest BCUT2D eigenvalue weighted by Crippen LogP contribution is 2.28. The Labute approximate surface area is 154 Å². The Morgan fingerprint density at radius 1 is 1.22 bits per heavy atom. The van der Waals surface area contributed by atoms with E-state index in [-0.39, 0.29) is 18.0 Å². The molecule has 0 unspecified atom stereocenters. The third-order valence-corrected chi connectivity index (χ3v) is 4.31. The number of nitrogens with two attached hydrogens (primary N) is 1. The number of aromatic amines is 1. The molecule has 7 heteroatoms. The van der Waals surface area contributed by atoms with E-state index in [9.17, 15) is 9.59 Å². The molecular formula is C20H16N4O3. The lowest BCUT2D eigenvalue weighted by molar-refractivity contribution is -0.118. The molecule has 27 heavy (non-hydrogen) atoms. The Morgan fingerprint density at radius 3 is 2.89 bits per heavy atom. The maximum absolute atomic E-state index is 12.2. The minimum atomic E-state index is -0.194. The highest BCUT2D eigenvalue weighted by molar-refractivity contribution is 6.01. The van der Waals surface area contributed by atoms with Gasteiger partial charge in [0.15, 0.2) is 0 Å². The van der Waals surface area contributed by atoms with Crippen molar-refractivity contribution in [2.24, 2.45) is 5.73 Å². The van der Waals surface area contributed by atoms with Gasteiger partial charge in [0.2, 0.25) is 11.8 Å². The number of allylic oxidation sites excluding steroid dienone is 1. The number of H-pyrrole nitrogens is 1. The van der Waals surface area contributed by atoms with E-state index in [1.54, 1.807) is 18.5 Å². The fraction of sp³-hybridized carbons (Fsp3) is 0.150. The summed E-state index contributed by atoms with van der Waals surface area (Å²) in [5.74, 6) is 6.14. The first-order chi connectivity index (χ1) is 13.2. The standard InChI is InChI=1S/C20H16N4O3/c21-6-1-2-13-10-23-19(26)17-8-12-5-7-22-20(16(12)9-15(13)17)27-11-14-3-4-18(25)24-14/h5,7-11H,3-4,6,21H2,(H,23,26)(H,24,25)/b14-11-. The summed E-state index contributed by atoms with van der Waals surface area (Å²) in [7, 11) is 0. The minimum absolute atomic E-state index is 0.0240. The molecular weight excluding hydrogens is 344 g/mol. The zero-order chi connectivity index (χ0) is 18.8. The van der Waals surface area contributed by atoms with Crippen molar-refractivity contribution >= 4 is 27.5 Å². The molecule has 1 aromatic carbocycles. The van der Waals surface area contributed by atoms with Crippen LogP contribution in [-0.4, -0.2) is 22.4 Å². The number of carbonyl (C=O) groups excluding carboxylic acids is 1. The van der Waals surface area contributed by atoms with Crippen LogP contribution in [0.25, 0.3) is 21.5 Å². The first kappa shape index (κ1) is 16.8. The summed E-state index contributed by atoms with van der Waals surface area (Å²) < 4.78 is 5.72. The number of aromatic nitrogens is 2. The third-order valence-electron chi connectivity index (χ3n) is 4.31. The fourth-order valence-electron chi connectivity index (χ4n) is 3.01. The van der Waals surface area contributed by atoms with E-state index < -0.39 is 0 Å². The Morgan fingerprint density at radius 2 is 2.11 bits per heavy atom. The van der Waals surface area contributed by atoms with Gasteiger partial charge in [-0.05, 0) is 30.0 Å². The van der Waals surface area contributed by atoms with E-state index in [1.165, 1.54) is 6.26 Å². The van der Waals surface area contributed by atoms with Crippen LogP contribution in [0, 0.1) is 11.8 Å². The number of hydrogen-bond donors (Lipinski definition) is 3. The number of pyridine rings is 2. The number of hydrogen-bond acceptors (Lipinski definition) is 5. The summed E-state index contributed by atoms with van der Waals surface area (Å²) in [5, 5.41) is 5.53. The van der Waals surface area contributed by atoms with E-state index in [0.29, 0.717) is 40.8 Å². The van der Waals surface area contributed by atoms with Crippen LogP contribution in [0.2, 0.25) is 0 Å². The molecule has 1 aliphatic rings. The lowest BCUT2D eigenvalue weighted by Gasteiger charge is -2.08. The monoisotopic (exact) mass is 360 g/mol. The first-order valence-corrected chi connectivity index (χ1v) is 8.44. The van der Waals surface area contributed by atoms with Crippen LogP contribution in [0.5, 0.6) is 5.88 Å². The summed E-state index contributed by atoms with van der Waals surface area (Å²) in [6.45, 7) is 0.226. The summed E-state index contributed by atoms with van der Waals surface area (Å²) in [5.41, 5.74) is 6.66. The molecule has 0 radical (unpaired) electrons. The molecule has 3 heterocycles. The third kappa shape index (κ3) is 3.26. The van der Waals surface area contributed by atoms with Gasteiger partial charge in [0.05, 0.1) is 12.2 Å². The molecule has 2 aromatic heterocycles. The summed E-state index contributed by atoms with van der Waals surface area (Å²) >= 11 is 0. The van der Waals surface area contributed by atoms with Crippen molar-refractivity contribution in [2.45, 2.75) is 12.8 Å². The van der Waals surface area contributed by atoms with Gasteiger partial charge < -0.3 is 20.8 Å². The van der Waals surface area contributed by atoms with Gasteiger partial charge in [0.25, 0.3) is 5.56 Å². The predicted molar refractivity (Wildman–Crippen MR) is 102 cm³/mol. The van der Waals surface area contributed by atoms with Crippen molar-refractivity contribution in [3.63, 3.8) is 0 Å². The molecule has 1 amide bonds. The lowest BCUT2D eigenvalue weighted by Crippen LogP contribution is -2.12. The lowest BCUT2D eigenvalue weighted by atomic mass is 10.0. The van der Waals surface area contributed by atoms with Crippen LogP contribution in [-0.2, 0) is 4.79 Å². The average Bonchev–Trinajstić information content (AvgIpc) is 3.10. The van der Waals surface area contributed by atoms with E-state index in [2.05, 4.69) is 27.1 Å². The largest absolute Gasteiger partial charge is 0.444 e. The van der Waals surface area contributed by atoms with E-state index in [4.69, 9.17) is 10.5 Å². The van der Waals surface area contributed by atoms with Gasteiger partial charge in [-0.15, -0.1) is 0 Å². The van der Waals surface area contributed by atoms with Crippen LogP contribution in [0.4, 0.5) is 0 Å². The quantitative estimate of drug-likeness (QED) is 0.365. The zero-order valence-electron chi connectivity index (χ0n) is 14.3. The number of rotatable bonds is 2. The predicted octanol–water partition coefficient (Wildman–Crippen LogP) is 1.52. The van der Waals surface area contributed by atoms with Gasteiger partial charge >= 0.3 is 0 Å². The molecule has 0 atom stereocenters. The number of ether oxygens (including phenoxy) is 1. The number of fused-ring (bicyclic) bond motifs is 2. The second-order valence-corrected chi connectivity index (χ2v) is 6.08. The molecule has 0 bridgehead atoms. The highest BCUT2D eigenvalue weighted by atomic mass is 16.5.